The third-order valence-corrected chi connectivity index (χ3v) is 5.85. The Labute approximate surface area is 174 Å². The van der Waals surface area contributed by atoms with Gasteiger partial charge in [-0.2, -0.15) is 0 Å². The van der Waals surface area contributed by atoms with Crippen molar-refractivity contribution in [3.05, 3.63) is 58.7 Å². The first-order valence-electron chi connectivity index (χ1n) is 9.33. The van der Waals surface area contributed by atoms with Gasteiger partial charge in [0.05, 0.1) is 28.5 Å². The van der Waals surface area contributed by atoms with Gasteiger partial charge in [-0.1, -0.05) is 29.5 Å². The average Bonchev–Trinajstić information content (AvgIpc) is 3.11. The molecule has 0 radical (unpaired) electrons. The molecule has 3 rings (SSSR count). The van der Waals surface area contributed by atoms with Crippen LogP contribution < -0.4 is 4.90 Å². The van der Waals surface area contributed by atoms with Crippen LogP contribution >= 0.6 is 11.3 Å². The van der Waals surface area contributed by atoms with Gasteiger partial charge in [0, 0.05) is 13.1 Å². The van der Waals surface area contributed by atoms with Crippen molar-refractivity contribution in [1.29, 1.82) is 0 Å². The van der Waals surface area contributed by atoms with Crippen molar-refractivity contribution in [2.45, 2.75) is 13.8 Å². The van der Waals surface area contributed by atoms with Gasteiger partial charge in [-0.15, -0.1) is 0 Å². The van der Waals surface area contributed by atoms with Gasteiger partial charge in [-0.25, -0.2) is 9.78 Å². The Morgan fingerprint density at radius 3 is 2.41 bits per heavy atom. The van der Waals surface area contributed by atoms with Gasteiger partial charge in [-0.3, -0.25) is 9.69 Å². The Balaban J connectivity index is 2.08. The zero-order valence-electron chi connectivity index (χ0n) is 17.4. The summed E-state index contributed by atoms with van der Waals surface area (Å²) in [6.45, 7) is 5.21. The normalized spacial score (nSPS) is 11.1. The quantitative estimate of drug-likeness (QED) is 0.576. The monoisotopic (exact) mass is 411 g/mol. The molecular formula is C22H25N3O3S. The molecule has 0 unspecified atom stereocenters. The van der Waals surface area contributed by atoms with Gasteiger partial charge in [-0.05, 0) is 57.3 Å². The summed E-state index contributed by atoms with van der Waals surface area (Å²) < 4.78 is 5.92. The molecule has 7 heteroatoms. The minimum atomic E-state index is -0.530. The lowest BCUT2D eigenvalue weighted by Gasteiger charge is -2.22. The molecule has 0 aliphatic carbocycles. The van der Waals surface area contributed by atoms with Crippen LogP contribution in [0.1, 0.15) is 31.8 Å². The van der Waals surface area contributed by atoms with Crippen LogP contribution in [0.5, 0.6) is 0 Å². The number of likely N-dealkylation sites (N-methyl/N-ethyl adjacent to an activating group) is 1. The molecule has 2 aromatic carbocycles. The zero-order valence-corrected chi connectivity index (χ0v) is 18.2. The van der Waals surface area contributed by atoms with E-state index in [-0.39, 0.29) is 11.5 Å². The summed E-state index contributed by atoms with van der Waals surface area (Å²) in [4.78, 5) is 34.1. The number of benzene rings is 2. The molecule has 152 valence electrons. The maximum Gasteiger partial charge on any atom is 0.338 e. The number of thiazole rings is 1. The van der Waals surface area contributed by atoms with E-state index in [2.05, 4.69) is 13.0 Å². The van der Waals surface area contributed by atoms with Gasteiger partial charge >= 0.3 is 5.97 Å². The number of rotatable bonds is 6. The molecule has 0 spiro atoms. The smallest absolute Gasteiger partial charge is 0.338 e. The summed E-state index contributed by atoms with van der Waals surface area (Å²) in [5.41, 5.74) is 3.72. The van der Waals surface area contributed by atoms with Crippen LogP contribution in [-0.2, 0) is 4.74 Å². The van der Waals surface area contributed by atoms with Crippen LogP contribution in [0.25, 0.3) is 10.2 Å². The summed E-state index contributed by atoms with van der Waals surface area (Å²) in [6.07, 6.45) is 0. The second-order valence-corrected chi connectivity index (χ2v) is 8.20. The lowest BCUT2D eigenvalue weighted by molar-refractivity contribution is 0.0597. The number of amides is 1. The standard InChI is InChI=1S/C22H25N3O3S/c1-14-12-15(2)19-18(13-14)23-22(29-19)25(11-10-24(3)4)20(26)16-8-6-7-9-17(16)21(27)28-5/h6-9,12-13H,10-11H2,1-5H3. The van der Waals surface area contributed by atoms with E-state index < -0.39 is 5.97 Å². The van der Waals surface area contributed by atoms with Crippen molar-refractivity contribution in [1.82, 2.24) is 9.88 Å². The number of aromatic nitrogens is 1. The van der Waals surface area contributed by atoms with E-state index in [0.29, 0.717) is 23.8 Å². The molecule has 0 atom stereocenters. The molecule has 1 aromatic heterocycles. The number of aryl methyl sites for hydroxylation is 2. The van der Waals surface area contributed by atoms with Gasteiger partial charge in [0.15, 0.2) is 5.13 Å². The molecule has 6 nitrogen and oxygen atoms in total. The summed E-state index contributed by atoms with van der Waals surface area (Å²) in [6, 6.07) is 10.9. The second kappa shape index (κ2) is 8.71. The summed E-state index contributed by atoms with van der Waals surface area (Å²) in [5.74, 6) is -0.793. The molecule has 1 heterocycles. The summed E-state index contributed by atoms with van der Waals surface area (Å²) in [5, 5.41) is 0.625. The van der Waals surface area contributed by atoms with Crippen molar-refractivity contribution in [2.75, 3.05) is 39.2 Å². The summed E-state index contributed by atoms with van der Waals surface area (Å²) in [7, 11) is 5.22. The maximum absolute atomic E-state index is 13.5. The number of methoxy groups -OCH3 is 1. The number of carbonyl (C=O) groups is 2. The highest BCUT2D eigenvalue weighted by Crippen LogP contribution is 2.33. The number of hydrogen-bond donors (Lipinski definition) is 0. The van der Waals surface area contributed by atoms with E-state index in [0.717, 1.165) is 21.3 Å². The number of hydrogen-bond acceptors (Lipinski definition) is 6. The highest BCUT2D eigenvalue weighted by Gasteiger charge is 2.26. The first-order valence-corrected chi connectivity index (χ1v) is 10.1. The van der Waals surface area contributed by atoms with Crippen LogP contribution in [0.2, 0.25) is 0 Å². The molecule has 0 saturated heterocycles. The molecule has 0 fully saturated rings. The minimum absolute atomic E-state index is 0.253. The molecule has 29 heavy (non-hydrogen) atoms. The van der Waals surface area contributed by atoms with Crippen LogP contribution in [0.3, 0.4) is 0 Å². The molecule has 0 saturated carbocycles. The lowest BCUT2D eigenvalue weighted by atomic mass is 10.1. The zero-order chi connectivity index (χ0) is 21.1. The Bertz CT molecular complexity index is 1060. The van der Waals surface area contributed by atoms with Crippen molar-refractivity contribution < 1.29 is 14.3 Å². The van der Waals surface area contributed by atoms with Gasteiger partial charge in [0.1, 0.15) is 0 Å². The van der Waals surface area contributed by atoms with Crippen molar-refractivity contribution in [3.63, 3.8) is 0 Å². The van der Waals surface area contributed by atoms with Crippen LogP contribution in [0.4, 0.5) is 5.13 Å². The summed E-state index contributed by atoms with van der Waals surface area (Å²) >= 11 is 1.49. The van der Waals surface area contributed by atoms with E-state index in [1.54, 1.807) is 29.2 Å². The minimum Gasteiger partial charge on any atom is -0.465 e. The highest BCUT2D eigenvalue weighted by molar-refractivity contribution is 7.22. The lowest BCUT2D eigenvalue weighted by Crippen LogP contribution is -2.37. The highest BCUT2D eigenvalue weighted by atomic mass is 32.1. The Hall–Kier alpha value is -2.77. The van der Waals surface area contributed by atoms with Gasteiger partial charge in [0.2, 0.25) is 0 Å². The Morgan fingerprint density at radius 2 is 1.76 bits per heavy atom. The molecule has 0 aliphatic rings. The van der Waals surface area contributed by atoms with Crippen LogP contribution in [-0.4, -0.2) is 56.1 Å². The molecule has 1 amide bonds. The molecule has 3 aromatic rings. The topological polar surface area (TPSA) is 62.7 Å². The van der Waals surface area contributed by atoms with Crippen LogP contribution in [0.15, 0.2) is 36.4 Å². The molecule has 0 bridgehead atoms. The predicted octanol–water partition coefficient (Wildman–Crippen LogP) is 3.91. The second-order valence-electron chi connectivity index (χ2n) is 7.22. The van der Waals surface area contributed by atoms with E-state index in [1.165, 1.54) is 18.4 Å². The van der Waals surface area contributed by atoms with E-state index in [1.807, 2.05) is 32.0 Å². The first kappa shape index (κ1) is 21.0. The van der Waals surface area contributed by atoms with Gasteiger partial charge in [0.25, 0.3) is 5.91 Å². The first-order chi connectivity index (χ1) is 13.8. The molecule has 0 aliphatic heterocycles. The largest absolute Gasteiger partial charge is 0.465 e. The Morgan fingerprint density at radius 1 is 1.07 bits per heavy atom. The maximum atomic E-state index is 13.5. The van der Waals surface area contributed by atoms with Crippen molar-refractivity contribution >= 4 is 38.6 Å². The van der Waals surface area contributed by atoms with Gasteiger partial charge < -0.3 is 9.64 Å². The third-order valence-electron chi connectivity index (χ3n) is 4.62. The third kappa shape index (κ3) is 4.46. The fraction of sp³-hybridized carbons (Fsp3) is 0.318. The number of ether oxygens (including phenoxy) is 1. The van der Waals surface area contributed by atoms with E-state index >= 15 is 0 Å². The van der Waals surface area contributed by atoms with E-state index in [9.17, 15) is 9.59 Å². The fourth-order valence-electron chi connectivity index (χ4n) is 3.17. The number of nitrogens with zero attached hydrogens (tertiary/aromatic N) is 3. The number of fused-ring (bicyclic) bond motifs is 1. The number of carbonyl (C=O) groups excluding carboxylic acids is 2. The van der Waals surface area contributed by atoms with Crippen LogP contribution in [0, 0.1) is 13.8 Å². The molecule has 0 N–H and O–H groups in total. The predicted molar refractivity (Wildman–Crippen MR) is 117 cm³/mol. The molecular weight excluding hydrogens is 386 g/mol. The SMILES string of the molecule is COC(=O)c1ccccc1C(=O)N(CCN(C)C)c1nc2cc(C)cc(C)c2s1. The Kier molecular flexibility index (Phi) is 6.30. The van der Waals surface area contributed by atoms with E-state index in [4.69, 9.17) is 9.72 Å². The fourth-order valence-corrected chi connectivity index (χ4v) is 4.21. The number of anilines is 1. The number of esters is 1. The van der Waals surface area contributed by atoms with Crippen molar-refractivity contribution in [2.24, 2.45) is 0 Å². The van der Waals surface area contributed by atoms with Crippen molar-refractivity contribution in [3.8, 4) is 0 Å². The average molecular weight is 412 g/mol.